The van der Waals surface area contributed by atoms with Gasteiger partial charge in [0.05, 0.1) is 11.0 Å². The Hall–Kier alpha value is -0.940. The number of aryl methyl sites for hydroxylation is 1. The molecule has 1 fully saturated rings. The van der Waals surface area contributed by atoms with Gasteiger partial charge in [-0.05, 0) is 38.4 Å². The number of rotatable bonds is 2. The Balaban J connectivity index is 2.06. The van der Waals surface area contributed by atoms with E-state index in [-0.39, 0.29) is 11.0 Å². The average molecular weight is 268 g/mol. The second-order valence-electron chi connectivity index (χ2n) is 4.99. The van der Waals surface area contributed by atoms with Gasteiger partial charge in [0.25, 0.3) is 0 Å². The van der Waals surface area contributed by atoms with E-state index in [4.69, 9.17) is 0 Å². The summed E-state index contributed by atoms with van der Waals surface area (Å²) in [5.74, 6) is 0.271. The smallest absolute Gasteiger partial charge is 0.154 e. The maximum absolute atomic E-state index is 11.8. The van der Waals surface area contributed by atoms with Gasteiger partial charge in [-0.2, -0.15) is 0 Å². The molecule has 0 bridgehead atoms. The van der Waals surface area contributed by atoms with Crippen molar-refractivity contribution in [3.05, 3.63) is 29.6 Å². The van der Waals surface area contributed by atoms with Crippen LogP contribution in [0.4, 0.5) is 0 Å². The van der Waals surface area contributed by atoms with Crippen LogP contribution in [0.15, 0.2) is 18.3 Å². The largest absolute Gasteiger partial charge is 0.298 e. The first kappa shape index (κ1) is 13.5. The van der Waals surface area contributed by atoms with E-state index in [1.54, 1.807) is 6.20 Å². The fraction of sp³-hybridized carbons (Fsp3) is 0.615. The zero-order valence-electron chi connectivity index (χ0n) is 11.0. The Morgan fingerprint density at radius 2 is 2.22 bits per heavy atom. The van der Waals surface area contributed by atoms with Crippen LogP contribution >= 0.6 is 0 Å². The molecule has 2 heterocycles. The molecule has 0 aliphatic carbocycles. The summed E-state index contributed by atoms with van der Waals surface area (Å²) in [6.45, 7) is 6.07. The van der Waals surface area contributed by atoms with Gasteiger partial charge in [-0.15, -0.1) is 0 Å². The summed E-state index contributed by atoms with van der Waals surface area (Å²) < 4.78 is 23.7. The van der Waals surface area contributed by atoms with Gasteiger partial charge in [-0.25, -0.2) is 8.42 Å². The summed E-state index contributed by atoms with van der Waals surface area (Å²) in [6.07, 6.45) is 2.51. The topological polar surface area (TPSA) is 50.3 Å². The molecule has 100 valence electrons. The summed E-state index contributed by atoms with van der Waals surface area (Å²) in [4.78, 5) is 6.48. The molecule has 0 spiro atoms. The van der Waals surface area contributed by atoms with Crippen LogP contribution in [0, 0.1) is 6.92 Å². The van der Waals surface area contributed by atoms with Gasteiger partial charge in [-0.1, -0.05) is 6.07 Å². The Morgan fingerprint density at radius 3 is 2.94 bits per heavy atom. The van der Waals surface area contributed by atoms with Crippen LogP contribution in [-0.4, -0.2) is 42.4 Å². The van der Waals surface area contributed by atoms with Crippen molar-refractivity contribution >= 4 is 9.84 Å². The number of aromatic nitrogens is 1. The van der Waals surface area contributed by atoms with Gasteiger partial charge in [0, 0.05) is 25.0 Å². The van der Waals surface area contributed by atoms with E-state index in [0.717, 1.165) is 25.2 Å². The van der Waals surface area contributed by atoms with Crippen molar-refractivity contribution in [1.82, 2.24) is 9.88 Å². The third kappa shape index (κ3) is 3.09. The van der Waals surface area contributed by atoms with Gasteiger partial charge < -0.3 is 0 Å². The number of pyridine rings is 1. The number of hydrogen-bond donors (Lipinski definition) is 0. The lowest BCUT2D eigenvalue weighted by Gasteiger charge is -2.19. The fourth-order valence-corrected chi connectivity index (χ4v) is 3.58. The molecule has 2 rings (SSSR count). The first-order valence-corrected chi connectivity index (χ1v) is 8.05. The van der Waals surface area contributed by atoms with Crippen molar-refractivity contribution in [3.63, 3.8) is 0 Å². The lowest BCUT2D eigenvalue weighted by Crippen LogP contribution is -2.27. The maximum Gasteiger partial charge on any atom is 0.154 e. The molecule has 18 heavy (non-hydrogen) atoms. The first-order valence-electron chi connectivity index (χ1n) is 6.33. The van der Waals surface area contributed by atoms with Gasteiger partial charge >= 0.3 is 0 Å². The van der Waals surface area contributed by atoms with Gasteiger partial charge in [-0.3, -0.25) is 9.88 Å². The third-order valence-corrected chi connectivity index (χ3v) is 5.88. The van der Waals surface area contributed by atoms with Crippen LogP contribution in [0.3, 0.4) is 0 Å². The van der Waals surface area contributed by atoms with Crippen molar-refractivity contribution < 1.29 is 8.42 Å². The Labute approximate surface area is 109 Å². The molecule has 0 aromatic carbocycles. The van der Waals surface area contributed by atoms with Crippen LogP contribution in [-0.2, 0) is 16.4 Å². The molecule has 1 atom stereocenters. The quantitative estimate of drug-likeness (QED) is 0.813. The average Bonchev–Trinajstić information content (AvgIpc) is 2.45. The van der Waals surface area contributed by atoms with E-state index < -0.39 is 9.84 Å². The minimum atomic E-state index is -2.89. The highest BCUT2D eigenvalue weighted by atomic mass is 32.2. The molecule has 4 nitrogen and oxygen atoms in total. The molecule has 0 radical (unpaired) electrons. The van der Waals surface area contributed by atoms with Crippen molar-refractivity contribution in [2.45, 2.75) is 32.1 Å². The number of hydrogen-bond acceptors (Lipinski definition) is 4. The summed E-state index contributed by atoms with van der Waals surface area (Å²) >= 11 is 0. The first-order chi connectivity index (χ1) is 8.49. The highest BCUT2D eigenvalue weighted by Crippen LogP contribution is 2.16. The lowest BCUT2D eigenvalue weighted by atomic mass is 10.2. The Bertz CT molecular complexity index is 513. The molecule has 0 N–H and O–H groups in total. The minimum absolute atomic E-state index is 0.211. The second kappa shape index (κ2) is 5.36. The van der Waals surface area contributed by atoms with Crippen LogP contribution in [0.5, 0.6) is 0 Å². The van der Waals surface area contributed by atoms with E-state index in [0.29, 0.717) is 6.54 Å². The summed E-state index contributed by atoms with van der Waals surface area (Å²) in [6, 6.07) is 3.99. The Morgan fingerprint density at radius 1 is 1.44 bits per heavy atom. The summed E-state index contributed by atoms with van der Waals surface area (Å²) in [7, 11) is -2.89. The van der Waals surface area contributed by atoms with Gasteiger partial charge in [0.2, 0.25) is 0 Å². The van der Waals surface area contributed by atoms with E-state index in [9.17, 15) is 8.42 Å². The molecule has 1 aliphatic rings. The zero-order valence-corrected chi connectivity index (χ0v) is 11.8. The number of nitrogens with zero attached hydrogens (tertiary/aromatic N) is 2. The van der Waals surface area contributed by atoms with E-state index in [2.05, 4.69) is 16.0 Å². The van der Waals surface area contributed by atoms with Crippen molar-refractivity contribution in [1.29, 1.82) is 0 Å². The molecular formula is C13H20N2O2S. The maximum atomic E-state index is 11.8. The lowest BCUT2D eigenvalue weighted by molar-refractivity contribution is 0.282. The molecule has 1 aromatic heterocycles. The van der Waals surface area contributed by atoms with Crippen LogP contribution in [0.1, 0.15) is 24.6 Å². The van der Waals surface area contributed by atoms with Crippen molar-refractivity contribution in [2.24, 2.45) is 0 Å². The van der Waals surface area contributed by atoms with Gasteiger partial charge in [0.15, 0.2) is 9.84 Å². The predicted octanol–water partition coefficient (Wildman–Crippen LogP) is 1.40. The molecule has 5 heteroatoms. The molecule has 1 aromatic rings. The molecular weight excluding hydrogens is 248 g/mol. The fourth-order valence-electron chi connectivity index (χ4n) is 2.20. The Kier molecular flexibility index (Phi) is 4.02. The van der Waals surface area contributed by atoms with Crippen LogP contribution in [0.25, 0.3) is 0 Å². The molecule has 1 aliphatic heterocycles. The van der Waals surface area contributed by atoms with Gasteiger partial charge in [0.1, 0.15) is 0 Å². The van der Waals surface area contributed by atoms with Crippen molar-refractivity contribution in [2.75, 3.05) is 18.8 Å². The SMILES string of the molecule is Cc1ncccc1CN1CC[C@@H](C)S(=O)(=O)CC1. The van der Waals surface area contributed by atoms with Crippen molar-refractivity contribution in [3.8, 4) is 0 Å². The van der Waals surface area contributed by atoms with E-state index in [1.807, 2.05) is 19.9 Å². The summed E-state index contributed by atoms with van der Waals surface area (Å²) in [5, 5.41) is -0.211. The normalized spacial score (nSPS) is 24.7. The van der Waals surface area contributed by atoms with Crippen LogP contribution < -0.4 is 0 Å². The predicted molar refractivity (Wildman–Crippen MR) is 72.1 cm³/mol. The van der Waals surface area contributed by atoms with E-state index >= 15 is 0 Å². The summed E-state index contributed by atoms with van der Waals surface area (Å²) in [5.41, 5.74) is 2.21. The standard InChI is InChI=1S/C13H20N2O2S/c1-11-5-7-15(8-9-18(11,16)17)10-13-4-3-6-14-12(13)2/h3-4,6,11H,5,7-10H2,1-2H3/t11-/m1/s1. The molecule has 0 saturated carbocycles. The molecule has 0 amide bonds. The zero-order chi connectivity index (χ0) is 13.2. The highest BCUT2D eigenvalue weighted by Gasteiger charge is 2.26. The minimum Gasteiger partial charge on any atom is -0.298 e. The highest BCUT2D eigenvalue weighted by molar-refractivity contribution is 7.92. The second-order valence-corrected chi connectivity index (χ2v) is 7.53. The third-order valence-electron chi connectivity index (χ3n) is 3.67. The molecule has 1 saturated heterocycles. The number of sulfone groups is 1. The monoisotopic (exact) mass is 268 g/mol. The van der Waals surface area contributed by atoms with Crippen LogP contribution in [0.2, 0.25) is 0 Å². The van der Waals surface area contributed by atoms with E-state index in [1.165, 1.54) is 5.56 Å². The molecule has 0 unspecified atom stereocenters.